The zero-order chi connectivity index (χ0) is 19.4. The molecule has 1 heterocycles. The van der Waals surface area contributed by atoms with Crippen molar-refractivity contribution in [2.45, 2.75) is 43.9 Å². The summed E-state index contributed by atoms with van der Waals surface area (Å²) in [6.07, 6.45) is 2.76. The Bertz CT molecular complexity index is 899. The van der Waals surface area contributed by atoms with Crippen LogP contribution in [-0.2, 0) is 10.0 Å². The SMILES string of the molecule is CC(C)c1ccc(NC(=O)c2ccccc2S(=O)(=O)N2CCCCC2)cc1. The number of amides is 1. The van der Waals surface area contributed by atoms with E-state index in [0.29, 0.717) is 24.7 Å². The van der Waals surface area contributed by atoms with Crippen LogP contribution in [0.2, 0.25) is 0 Å². The van der Waals surface area contributed by atoms with Crippen molar-refractivity contribution in [3.63, 3.8) is 0 Å². The van der Waals surface area contributed by atoms with E-state index in [0.717, 1.165) is 19.3 Å². The number of hydrogen-bond acceptors (Lipinski definition) is 3. The van der Waals surface area contributed by atoms with Crippen LogP contribution in [0.3, 0.4) is 0 Å². The first kappa shape index (κ1) is 19.6. The maximum atomic E-state index is 13.0. The van der Waals surface area contributed by atoms with Crippen molar-refractivity contribution in [3.05, 3.63) is 59.7 Å². The van der Waals surface area contributed by atoms with Gasteiger partial charge in [-0.25, -0.2) is 8.42 Å². The number of piperidine rings is 1. The molecule has 144 valence electrons. The molecule has 0 bridgehead atoms. The highest BCUT2D eigenvalue weighted by Gasteiger charge is 2.29. The molecule has 0 aliphatic carbocycles. The number of carbonyl (C=O) groups is 1. The predicted molar refractivity (Wildman–Crippen MR) is 108 cm³/mol. The van der Waals surface area contributed by atoms with Crippen LogP contribution in [0, 0.1) is 0 Å². The molecule has 0 radical (unpaired) electrons. The van der Waals surface area contributed by atoms with E-state index >= 15 is 0 Å². The number of rotatable bonds is 5. The highest BCUT2D eigenvalue weighted by molar-refractivity contribution is 7.89. The molecule has 1 saturated heterocycles. The van der Waals surface area contributed by atoms with Gasteiger partial charge in [0.2, 0.25) is 10.0 Å². The van der Waals surface area contributed by atoms with Gasteiger partial charge in [-0.15, -0.1) is 0 Å². The number of hydrogen-bond donors (Lipinski definition) is 1. The molecule has 2 aromatic rings. The molecule has 1 fully saturated rings. The molecule has 6 heteroatoms. The smallest absolute Gasteiger partial charge is 0.257 e. The lowest BCUT2D eigenvalue weighted by Crippen LogP contribution is -2.36. The van der Waals surface area contributed by atoms with E-state index in [1.165, 1.54) is 15.9 Å². The van der Waals surface area contributed by atoms with Crippen LogP contribution in [-0.4, -0.2) is 31.7 Å². The molecule has 0 aromatic heterocycles. The van der Waals surface area contributed by atoms with E-state index in [9.17, 15) is 13.2 Å². The predicted octanol–water partition coefficient (Wildman–Crippen LogP) is 4.24. The van der Waals surface area contributed by atoms with E-state index < -0.39 is 15.9 Å². The second kappa shape index (κ2) is 8.23. The van der Waals surface area contributed by atoms with Crippen LogP contribution >= 0.6 is 0 Å². The van der Waals surface area contributed by atoms with Gasteiger partial charge < -0.3 is 5.32 Å². The summed E-state index contributed by atoms with van der Waals surface area (Å²) in [6.45, 7) is 5.23. The van der Waals surface area contributed by atoms with Gasteiger partial charge in [0.15, 0.2) is 0 Å². The lowest BCUT2D eigenvalue weighted by atomic mass is 10.0. The first-order chi connectivity index (χ1) is 12.9. The van der Waals surface area contributed by atoms with Gasteiger partial charge in [0.25, 0.3) is 5.91 Å². The number of carbonyl (C=O) groups excluding carboxylic acids is 1. The van der Waals surface area contributed by atoms with E-state index in [1.807, 2.05) is 24.3 Å². The van der Waals surface area contributed by atoms with Crippen molar-refractivity contribution in [1.29, 1.82) is 0 Å². The summed E-state index contributed by atoms with van der Waals surface area (Å²) in [6, 6.07) is 14.0. The Kier molecular flexibility index (Phi) is 5.97. The molecule has 0 atom stereocenters. The van der Waals surface area contributed by atoms with Gasteiger partial charge >= 0.3 is 0 Å². The first-order valence-electron chi connectivity index (χ1n) is 9.40. The van der Waals surface area contributed by atoms with Gasteiger partial charge in [-0.2, -0.15) is 4.31 Å². The molecule has 2 aromatic carbocycles. The molecule has 1 aliphatic rings. The fourth-order valence-electron chi connectivity index (χ4n) is 3.27. The largest absolute Gasteiger partial charge is 0.322 e. The van der Waals surface area contributed by atoms with Crippen molar-refractivity contribution in [2.75, 3.05) is 18.4 Å². The Morgan fingerprint density at radius 1 is 0.963 bits per heavy atom. The van der Waals surface area contributed by atoms with Gasteiger partial charge in [0.1, 0.15) is 0 Å². The summed E-state index contributed by atoms with van der Waals surface area (Å²) in [7, 11) is -3.68. The molecule has 1 aliphatic heterocycles. The van der Waals surface area contributed by atoms with Crippen molar-refractivity contribution in [3.8, 4) is 0 Å². The second-order valence-corrected chi connectivity index (χ2v) is 9.10. The third-order valence-corrected chi connectivity index (χ3v) is 6.86. The summed E-state index contributed by atoms with van der Waals surface area (Å²) >= 11 is 0. The summed E-state index contributed by atoms with van der Waals surface area (Å²) in [5, 5.41) is 2.82. The van der Waals surface area contributed by atoms with Crippen LogP contribution in [0.25, 0.3) is 0 Å². The molecule has 1 N–H and O–H groups in total. The molecule has 0 saturated carbocycles. The zero-order valence-electron chi connectivity index (χ0n) is 15.8. The average molecular weight is 387 g/mol. The van der Waals surface area contributed by atoms with E-state index in [4.69, 9.17) is 0 Å². The first-order valence-corrected chi connectivity index (χ1v) is 10.8. The van der Waals surface area contributed by atoms with E-state index in [2.05, 4.69) is 19.2 Å². The van der Waals surface area contributed by atoms with Crippen LogP contribution < -0.4 is 5.32 Å². The highest BCUT2D eigenvalue weighted by Crippen LogP contribution is 2.25. The Morgan fingerprint density at radius 2 is 1.59 bits per heavy atom. The average Bonchev–Trinajstić information content (AvgIpc) is 2.69. The van der Waals surface area contributed by atoms with E-state index in [1.54, 1.807) is 18.2 Å². The number of nitrogens with zero attached hydrogens (tertiary/aromatic N) is 1. The Labute approximate surface area is 161 Å². The lowest BCUT2D eigenvalue weighted by Gasteiger charge is -2.26. The molecular weight excluding hydrogens is 360 g/mol. The van der Waals surface area contributed by atoms with Crippen molar-refractivity contribution >= 4 is 21.6 Å². The summed E-state index contributed by atoms with van der Waals surface area (Å²) in [4.78, 5) is 12.9. The number of sulfonamides is 1. The molecule has 27 heavy (non-hydrogen) atoms. The molecular formula is C21H26N2O3S. The van der Waals surface area contributed by atoms with Gasteiger partial charge in [-0.05, 0) is 48.6 Å². The number of anilines is 1. The van der Waals surface area contributed by atoms with Crippen LogP contribution in [0.15, 0.2) is 53.4 Å². The second-order valence-electron chi connectivity index (χ2n) is 7.19. The summed E-state index contributed by atoms with van der Waals surface area (Å²) < 4.78 is 27.5. The van der Waals surface area contributed by atoms with Crippen LogP contribution in [0.5, 0.6) is 0 Å². The van der Waals surface area contributed by atoms with Crippen molar-refractivity contribution < 1.29 is 13.2 Å². The molecule has 0 unspecified atom stereocenters. The van der Waals surface area contributed by atoms with Crippen molar-refractivity contribution in [2.24, 2.45) is 0 Å². The summed E-state index contributed by atoms with van der Waals surface area (Å²) in [5.41, 5.74) is 2.01. The Balaban J connectivity index is 1.85. The molecule has 0 spiro atoms. The quantitative estimate of drug-likeness (QED) is 0.836. The fraction of sp³-hybridized carbons (Fsp3) is 0.381. The third kappa shape index (κ3) is 4.39. The maximum absolute atomic E-state index is 13.0. The Hall–Kier alpha value is -2.18. The topological polar surface area (TPSA) is 66.5 Å². The standard InChI is InChI=1S/C21H26N2O3S/c1-16(2)17-10-12-18(13-11-17)22-21(24)19-8-4-5-9-20(19)27(25,26)23-14-6-3-7-15-23/h4-5,8-13,16H,3,6-7,14-15H2,1-2H3,(H,22,24). The van der Waals surface area contributed by atoms with Gasteiger partial charge in [-0.1, -0.05) is 44.5 Å². The van der Waals surface area contributed by atoms with Crippen LogP contribution in [0.4, 0.5) is 5.69 Å². The molecule has 5 nitrogen and oxygen atoms in total. The summed E-state index contributed by atoms with van der Waals surface area (Å²) in [5.74, 6) is -0.00588. The zero-order valence-corrected chi connectivity index (χ0v) is 16.6. The van der Waals surface area contributed by atoms with Crippen LogP contribution in [0.1, 0.15) is 54.9 Å². The highest BCUT2D eigenvalue weighted by atomic mass is 32.2. The third-order valence-electron chi connectivity index (χ3n) is 4.90. The maximum Gasteiger partial charge on any atom is 0.257 e. The lowest BCUT2D eigenvalue weighted by molar-refractivity contribution is 0.102. The van der Waals surface area contributed by atoms with Gasteiger partial charge in [0, 0.05) is 18.8 Å². The minimum atomic E-state index is -3.68. The number of nitrogens with one attached hydrogen (secondary N) is 1. The van der Waals surface area contributed by atoms with Gasteiger partial charge in [0.05, 0.1) is 10.5 Å². The number of benzene rings is 2. The minimum absolute atomic E-state index is 0.0724. The molecule has 1 amide bonds. The van der Waals surface area contributed by atoms with Crippen molar-refractivity contribution in [1.82, 2.24) is 4.31 Å². The monoisotopic (exact) mass is 386 g/mol. The van der Waals surface area contributed by atoms with E-state index in [-0.39, 0.29) is 10.5 Å². The fourth-order valence-corrected chi connectivity index (χ4v) is 4.98. The normalized spacial score (nSPS) is 15.7. The van der Waals surface area contributed by atoms with Gasteiger partial charge in [-0.3, -0.25) is 4.79 Å². The molecule has 3 rings (SSSR count). The minimum Gasteiger partial charge on any atom is -0.322 e. The Morgan fingerprint density at radius 3 is 2.22 bits per heavy atom.